The minimum atomic E-state index is -0.178. The van der Waals surface area contributed by atoms with Crippen molar-refractivity contribution in [2.75, 3.05) is 18.6 Å². The fourth-order valence-corrected chi connectivity index (χ4v) is 3.03. The Morgan fingerprint density at radius 1 is 1.53 bits per heavy atom. The first-order valence-corrected chi connectivity index (χ1v) is 6.21. The topological polar surface area (TPSA) is 42.4 Å². The lowest BCUT2D eigenvalue weighted by Crippen LogP contribution is -2.20. The Bertz CT molecular complexity index is 332. The van der Waals surface area contributed by atoms with Crippen LogP contribution >= 0.6 is 11.8 Å². The molecule has 82 valence electrons. The zero-order valence-electron chi connectivity index (χ0n) is 8.72. The highest BCUT2D eigenvalue weighted by Gasteiger charge is 2.26. The smallest absolute Gasteiger partial charge is 0.213 e. The van der Waals surface area contributed by atoms with E-state index in [2.05, 4.69) is 4.98 Å². The maximum atomic E-state index is 9.70. The van der Waals surface area contributed by atoms with E-state index >= 15 is 0 Å². The summed E-state index contributed by atoms with van der Waals surface area (Å²) in [4.78, 5) is 4.35. The number of thioether (sulfide) groups is 1. The minimum absolute atomic E-state index is 0.178. The Labute approximate surface area is 93.9 Å². The number of rotatable bonds is 3. The summed E-state index contributed by atoms with van der Waals surface area (Å²) in [5, 5.41) is 9.70. The van der Waals surface area contributed by atoms with Gasteiger partial charge in [-0.15, -0.1) is 0 Å². The zero-order chi connectivity index (χ0) is 10.7. The first-order valence-electron chi connectivity index (χ1n) is 5.05. The van der Waals surface area contributed by atoms with Gasteiger partial charge in [0.2, 0.25) is 5.88 Å². The largest absolute Gasteiger partial charge is 0.481 e. The summed E-state index contributed by atoms with van der Waals surface area (Å²) in [5.74, 6) is 2.87. The van der Waals surface area contributed by atoms with Crippen LogP contribution in [-0.4, -0.2) is 34.8 Å². The molecule has 1 saturated heterocycles. The van der Waals surface area contributed by atoms with Gasteiger partial charge >= 0.3 is 0 Å². The molecule has 15 heavy (non-hydrogen) atoms. The van der Waals surface area contributed by atoms with E-state index in [1.54, 1.807) is 7.11 Å². The number of aliphatic hydroxyl groups is 1. The van der Waals surface area contributed by atoms with Crippen molar-refractivity contribution in [2.45, 2.75) is 12.5 Å². The van der Waals surface area contributed by atoms with Gasteiger partial charge in [0.25, 0.3) is 0 Å². The summed E-state index contributed by atoms with van der Waals surface area (Å²) in [6, 6.07) is 5.76. The molecule has 1 aromatic rings. The van der Waals surface area contributed by atoms with Crippen LogP contribution in [0, 0.1) is 5.92 Å². The van der Waals surface area contributed by atoms with Gasteiger partial charge in [-0.2, -0.15) is 11.8 Å². The first-order chi connectivity index (χ1) is 7.29. The van der Waals surface area contributed by atoms with Gasteiger partial charge in [-0.1, -0.05) is 6.07 Å². The van der Waals surface area contributed by atoms with E-state index in [1.165, 1.54) is 0 Å². The summed E-state index contributed by atoms with van der Waals surface area (Å²) in [5.41, 5.74) is 1.00. The van der Waals surface area contributed by atoms with E-state index in [-0.39, 0.29) is 6.10 Å². The Morgan fingerprint density at radius 3 is 3.07 bits per heavy atom. The molecule has 3 nitrogen and oxygen atoms in total. The third-order valence-electron chi connectivity index (χ3n) is 2.63. The SMILES string of the molecule is COc1cccc(CC2CSCC2O)n1. The highest BCUT2D eigenvalue weighted by Crippen LogP contribution is 2.27. The van der Waals surface area contributed by atoms with E-state index < -0.39 is 0 Å². The molecule has 1 N–H and O–H groups in total. The van der Waals surface area contributed by atoms with Gasteiger partial charge in [-0.3, -0.25) is 0 Å². The fraction of sp³-hybridized carbons (Fsp3) is 0.545. The van der Waals surface area contributed by atoms with E-state index in [0.29, 0.717) is 11.8 Å². The van der Waals surface area contributed by atoms with E-state index in [1.807, 2.05) is 30.0 Å². The molecular formula is C11H15NO2S. The molecule has 2 heterocycles. The minimum Gasteiger partial charge on any atom is -0.481 e. The van der Waals surface area contributed by atoms with Gasteiger partial charge in [0, 0.05) is 23.4 Å². The van der Waals surface area contributed by atoms with Crippen molar-refractivity contribution in [2.24, 2.45) is 5.92 Å². The highest BCUT2D eigenvalue weighted by molar-refractivity contribution is 7.99. The van der Waals surface area contributed by atoms with Gasteiger partial charge in [0.15, 0.2) is 0 Å². The number of ether oxygens (including phenoxy) is 1. The molecule has 1 aromatic heterocycles. The molecule has 0 spiro atoms. The quantitative estimate of drug-likeness (QED) is 0.843. The number of hydrogen-bond donors (Lipinski definition) is 1. The van der Waals surface area contributed by atoms with E-state index in [4.69, 9.17) is 4.74 Å². The van der Waals surface area contributed by atoms with Gasteiger partial charge < -0.3 is 9.84 Å². The average molecular weight is 225 g/mol. The van der Waals surface area contributed by atoms with Crippen molar-refractivity contribution in [3.8, 4) is 5.88 Å². The molecule has 0 aliphatic carbocycles. The third-order valence-corrected chi connectivity index (χ3v) is 3.87. The summed E-state index contributed by atoms with van der Waals surface area (Å²) in [6.45, 7) is 0. The van der Waals surface area contributed by atoms with Crippen molar-refractivity contribution in [1.82, 2.24) is 4.98 Å². The Balaban J connectivity index is 2.03. The van der Waals surface area contributed by atoms with Crippen LogP contribution in [0.25, 0.3) is 0 Å². The monoisotopic (exact) mass is 225 g/mol. The number of nitrogens with zero attached hydrogens (tertiary/aromatic N) is 1. The number of pyridine rings is 1. The Morgan fingerprint density at radius 2 is 2.40 bits per heavy atom. The molecule has 2 unspecified atom stereocenters. The van der Waals surface area contributed by atoms with Crippen LogP contribution in [0.1, 0.15) is 5.69 Å². The number of methoxy groups -OCH3 is 1. The van der Waals surface area contributed by atoms with Crippen LogP contribution in [0.5, 0.6) is 5.88 Å². The molecule has 0 radical (unpaired) electrons. The molecular weight excluding hydrogens is 210 g/mol. The third kappa shape index (κ3) is 2.63. The van der Waals surface area contributed by atoms with Gasteiger partial charge in [0.05, 0.1) is 13.2 Å². The molecule has 0 aromatic carbocycles. The molecule has 1 aliphatic rings. The molecule has 2 rings (SSSR count). The molecule has 0 bridgehead atoms. The van der Waals surface area contributed by atoms with E-state index in [9.17, 15) is 5.11 Å². The molecule has 1 fully saturated rings. The van der Waals surface area contributed by atoms with Crippen LogP contribution in [0.15, 0.2) is 18.2 Å². The lowest BCUT2D eigenvalue weighted by molar-refractivity contribution is 0.149. The summed E-state index contributed by atoms with van der Waals surface area (Å²) >= 11 is 1.81. The summed E-state index contributed by atoms with van der Waals surface area (Å²) in [7, 11) is 1.62. The first kappa shape index (κ1) is 10.8. The fourth-order valence-electron chi connectivity index (χ4n) is 1.74. The second-order valence-electron chi connectivity index (χ2n) is 3.74. The van der Waals surface area contributed by atoms with E-state index in [0.717, 1.165) is 23.6 Å². The van der Waals surface area contributed by atoms with Crippen molar-refractivity contribution in [3.63, 3.8) is 0 Å². The predicted molar refractivity (Wildman–Crippen MR) is 61.3 cm³/mol. The zero-order valence-corrected chi connectivity index (χ0v) is 9.54. The second kappa shape index (κ2) is 4.86. The normalized spacial score (nSPS) is 25.5. The standard InChI is InChI=1S/C11H15NO2S/c1-14-11-4-2-3-9(12-11)5-8-6-15-7-10(8)13/h2-4,8,10,13H,5-7H2,1H3. The van der Waals surface area contributed by atoms with Crippen LogP contribution in [0.3, 0.4) is 0 Å². The number of aliphatic hydroxyl groups excluding tert-OH is 1. The van der Waals surface area contributed by atoms with Gasteiger partial charge in [-0.25, -0.2) is 4.98 Å². The molecule has 0 amide bonds. The van der Waals surface area contributed by atoms with Crippen molar-refractivity contribution < 1.29 is 9.84 Å². The predicted octanol–water partition coefficient (Wildman–Crippen LogP) is 1.36. The highest BCUT2D eigenvalue weighted by atomic mass is 32.2. The summed E-state index contributed by atoms with van der Waals surface area (Å²) in [6.07, 6.45) is 0.661. The molecule has 2 atom stereocenters. The average Bonchev–Trinajstić information content (AvgIpc) is 2.65. The lowest BCUT2D eigenvalue weighted by atomic mass is 10.00. The molecule has 4 heteroatoms. The second-order valence-corrected chi connectivity index (χ2v) is 4.82. The van der Waals surface area contributed by atoms with Crippen molar-refractivity contribution in [1.29, 1.82) is 0 Å². The van der Waals surface area contributed by atoms with Crippen molar-refractivity contribution >= 4 is 11.8 Å². The van der Waals surface area contributed by atoms with Crippen LogP contribution in [0.2, 0.25) is 0 Å². The Kier molecular flexibility index (Phi) is 3.49. The molecule has 0 saturated carbocycles. The van der Waals surface area contributed by atoms with Crippen LogP contribution in [0.4, 0.5) is 0 Å². The van der Waals surface area contributed by atoms with Crippen LogP contribution in [-0.2, 0) is 6.42 Å². The number of hydrogen-bond acceptors (Lipinski definition) is 4. The molecule has 1 aliphatic heterocycles. The maximum absolute atomic E-state index is 9.70. The van der Waals surface area contributed by atoms with Gasteiger partial charge in [-0.05, 0) is 18.2 Å². The maximum Gasteiger partial charge on any atom is 0.213 e. The summed E-state index contributed by atoms with van der Waals surface area (Å²) < 4.78 is 5.07. The lowest BCUT2D eigenvalue weighted by Gasteiger charge is -2.12. The van der Waals surface area contributed by atoms with Crippen LogP contribution < -0.4 is 4.74 Å². The van der Waals surface area contributed by atoms with Crippen molar-refractivity contribution in [3.05, 3.63) is 23.9 Å². The Hall–Kier alpha value is -0.740. The van der Waals surface area contributed by atoms with Gasteiger partial charge in [0.1, 0.15) is 0 Å². The number of aromatic nitrogens is 1.